The highest BCUT2D eigenvalue weighted by atomic mass is 35.5. The molecule has 72 heavy (non-hydrogen) atoms. The predicted octanol–water partition coefficient (Wildman–Crippen LogP) is 8.53. The van der Waals surface area contributed by atoms with Crippen molar-refractivity contribution in [1.82, 2.24) is 35.6 Å². The van der Waals surface area contributed by atoms with Gasteiger partial charge in [-0.3, -0.25) is 28.7 Å². The minimum atomic E-state index is -0.947. The molecule has 2 fully saturated rings. The number of aryl methyl sites for hydroxylation is 3. The normalized spacial score (nSPS) is 19.5. The van der Waals surface area contributed by atoms with Crippen LogP contribution in [-0.2, 0) is 25.6 Å². The van der Waals surface area contributed by atoms with Crippen molar-refractivity contribution in [1.29, 1.82) is 0 Å². The summed E-state index contributed by atoms with van der Waals surface area (Å²) in [6.45, 7) is 17.1. The molecule has 4 N–H and O–H groups in total. The fourth-order valence-electron chi connectivity index (χ4n) is 10.0. The molecule has 0 spiro atoms. The molecule has 3 aliphatic rings. The summed E-state index contributed by atoms with van der Waals surface area (Å²) in [5.74, 6) is 0.144. The van der Waals surface area contributed by atoms with Gasteiger partial charge in [0, 0.05) is 63.7 Å². The summed E-state index contributed by atoms with van der Waals surface area (Å²) in [4.78, 5) is 67.0. The smallest absolute Gasteiger partial charge is 0.246 e. The number of β-amino-alcohol motifs (C(OH)–C–C–N with tert-alkyl or cyclic N) is 1. The van der Waals surface area contributed by atoms with Crippen LogP contribution in [0.5, 0.6) is 0 Å². The summed E-state index contributed by atoms with van der Waals surface area (Å²) in [5.41, 5.74) is 8.14. The number of rotatable bonds is 13. The van der Waals surface area contributed by atoms with Crippen LogP contribution in [0.2, 0.25) is 5.02 Å². The number of aliphatic hydroxyl groups excluding tert-OH is 1. The molecule has 3 aliphatic heterocycles. The van der Waals surface area contributed by atoms with Gasteiger partial charge in [-0.2, -0.15) is 0 Å². The monoisotopic (exact) mass is 1030 g/mol. The summed E-state index contributed by atoms with van der Waals surface area (Å²) in [6, 6.07) is 22.8. The first-order valence-corrected chi connectivity index (χ1v) is 26.6. The summed E-state index contributed by atoms with van der Waals surface area (Å²) < 4.78 is 2.05. The fourth-order valence-corrected chi connectivity index (χ4v) is 12.3. The van der Waals surface area contributed by atoms with Gasteiger partial charge >= 0.3 is 0 Å². The van der Waals surface area contributed by atoms with Gasteiger partial charge in [-0.05, 0) is 110 Å². The molecule has 9 rings (SSSR count). The molecule has 17 heteroatoms. The van der Waals surface area contributed by atoms with Crippen LogP contribution in [-0.4, -0.2) is 98.0 Å². The molecule has 0 aliphatic carbocycles. The maximum Gasteiger partial charge on any atom is 0.246 e. The Hall–Kier alpha value is -6.20. The quantitative estimate of drug-likeness (QED) is 0.0891. The number of amides is 4. The third-order valence-corrected chi connectivity index (χ3v) is 16.6. The van der Waals surface area contributed by atoms with E-state index in [-0.39, 0.29) is 55.6 Å². The Bertz CT molecular complexity index is 3030. The summed E-state index contributed by atoms with van der Waals surface area (Å²) in [6.07, 6.45) is 0.118. The summed E-state index contributed by atoms with van der Waals surface area (Å²) in [5, 5.41) is 32.8. The molecule has 6 atom stereocenters. The average molecular weight is 1030 g/mol. The van der Waals surface area contributed by atoms with Crippen LogP contribution < -0.4 is 20.9 Å². The zero-order chi connectivity index (χ0) is 51.2. The third-order valence-electron chi connectivity index (χ3n) is 14.1. The number of thiophene rings is 2. The number of anilines is 1. The molecule has 376 valence electrons. The molecular weight excluding hydrogens is 966 g/mol. The number of carbonyl (C=O) groups excluding carboxylic acids is 4. The summed E-state index contributed by atoms with van der Waals surface area (Å²) >= 11 is 9.65. The first-order valence-electron chi connectivity index (χ1n) is 24.5. The first-order chi connectivity index (χ1) is 34.3. The van der Waals surface area contributed by atoms with Crippen LogP contribution in [0.15, 0.2) is 89.2 Å². The van der Waals surface area contributed by atoms with Crippen molar-refractivity contribution in [2.75, 3.05) is 24.5 Å². The van der Waals surface area contributed by atoms with Gasteiger partial charge in [0.1, 0.15) is 29.0 Å². The second-order valence-electron chi connectivity index (χ2n) is 20.5. The maximum absolute atomic E-state index is 14.3. The topological polar surface area (TPSA) is 174 Å². The van der Waals surface area contributed by atoms with Gasteiger partial charge in [0.05, 0.1) is 30.7 Å². The fraction of sp³-hybridized carbons (Fsp3) is 0.400. The Morgan fingerprint density at radius 3 is 2.26 bits per heavy atom. The largest absolute Gasteiger partial charge is 0.391 e. The number of aliphatic hydroxyl groups is 1. The minimum Gasteiger partial charge on any atom is -0.391 e. The van der Waals surface area contributed by atoms with E-state index in [1.54, 1.807) is 22.7 Å². The van der Waals surface area contributed by atoms with Crippen LogP contribution in [0.25, 0.3) is 15.4 Å². The molecule has 0 bridgehead atoms. The number of nitrogens with one attached hydrogen (secondary N) is 3. The number of benzene rings is 3. The number of hydrogen-bond donors (Lipinski definition) is 4. The van der Waals surface area contributed by atoms with Crippen LogP contribution in [0, 0.1) is 33.1 Å². The van der Waals surface area contributed by atoms with Crippen molar-refractivity contribution in [2.24, 2.45) is 10.4 Å². The number of halogens is 1. The van der Waals surface area contributed by atoms with Crippen LogP contribution in [0.3, 0.4) is 0 Å². The van der Waals surface area contributed by atoms with Crippen molar-refractivity contribution >= 4 is 69.3 Å². The van der Waals surface area contributed by atoms with Gasteiger partial charge in [0.25, 0.3) is 0 Å². The van der Waals surface area contributed by atoms with E-state index in [1.165, 1.54) is 20.2 Å². The predicted molar refractivity (Wildman–Crippen MR) is 285 cm³/mol. The van der Waals surface area contributed by atoms with Gasteiger partial charge in [-0.15, -0.1) is 32.9 Å². The molecule has 14 nitrogen and oxygen atoms in total. The first kappa shape index (κ1) is 50.7. The van der Waals surface area contributed by atoms with Crippen LogP contribution in [0.1, 0.15) is 109 Å². The molecule has 0 radical (unpaired) electrons. The van der Waals surface area contributed by atoms with Gasteiger partial charge in [-0.1, -0.05) is 80.9 Å². The molecule has 4 amide bonds. The van der Waals surface area contributed by atoms with E-state index in [2.05, 4.69) is 75.4 Å². The van der Waals surface area contributed by atoms with E-state index < -0.39 is 35.6 Å². The third kappa shape index (κ3) is 10.6. The second-order valence-corrected chi connectivity index (χ2v) is 23.1. The lowest BCUT2D eigenvalue weighted by atomic mass is 9.85. The van der Waals surface area contributed by atoms with Crippen molar-refractivity contribution in [3.05, 3.63) is 139 Å². The minimum absolute atomic E-state index is 0.00809. The Kier molecular flexibility index (Phi) is 14.6. The number of nitrogens with zero attached hydrogens (tertiary/aromatic N) is 6. The number of aromatic nitrogens is 3. The van der Waals surface area contributed by atoms with E-state index in [0.717, 1.165) is 68.6 Å². The van der Waals surface area contributed by atoms with Crippen LogP contribution in [0.4, 0.5) is 5.69 Å². The number of fused-ring (bicyclic) bond motifs is 3. The van der Waals surface area contributed by atoms with E-state index >= 15 is 0 Å². The molecule has 3 aromatic heterocycles. The van der Waals surface area contributed by atoms with Crippen molar-refractivity contribution in [2.45, 2.75) is 117 Å². The zero-order valence-electron chi connectivity index (χ0n) is 42.0. The molecule has 6 heterocycles. The molecular formula is C55H62ClN9O5S2. The highest BCUT2D eigenvalue weighted by Crippen LogP contribution is 2.40. The average Bonchev–Trinajstić information content (AvgIpc) is 4.19. The lowest BCUT2D eigenvalue weighted by molar-refractivity contribution is -0.144. The molecule has 3 aromatic carbocycles. The Balaban J connectivity index is 0.800. The van der Waals surface area contributed by atoms with E-state index in [4.69, 9.17) is 16.6 Å². The number of hydrogen-bond acceptors (Lipinski definition) is 11. The van der Waals surface area contributed by atoms with E-state index in [9.17, 15) is 24.3 Å². The van der Waals surface area contributed by atoms with E-state index in [0.29, 0.717) is 17.4 Å². The Morgan fingerprint density at radius 1 is 0.875 bits per heavy atom. The zero-order valence-corrected chi connectivity index (χ0v) is 44.3. The van der Waals surface area contributed by atoms with Crippen molar-refractivity contribution in [3.63, 3.8) is 0 Å². The number of carbonyl (C=O) groups is 4. The van der Waals surface area contributed by atoms with E-state index in [1.807, 2.05) is 99.8 Å². The highest BCUT2D eigenvalue weighted by Gasteiger charge is 2.45. The van der Waals surface area contributed by atoms with Gasteiger partial charge in [0.2, 0.25) is 23.6 Å². The Labute approximate surface area is 433 Å². The molecule has 0 saturated carbocycles. The SMILES string of the molecule is Cc1ccsc1-c1ccc([C@H](C)NC(=O)[C@@H]2C[C@@H](O)CN2C(=O)[C@@H](NC(=O)Cc2ccc(N3CC[C@H](NC(=O)C[C@@H]4N=C(c5ccc(Cl)cc5)c5c(sc(C)c5C)-n5c(C)nnc54)C3)cc2)C(C)(C)C)cc1. The molecule has 6 aromatic rings. The van der Waals surface area contributed by atoms with Gasteiger partial charge in [0.15, 0.2) is 5.82 Å². The molecule has 0 unspecified atom stereocenters. The highest BCUT2D eigenvalue weighted by molar-refractivity contribution is 7.15. The number of likely N-dealkylation sites (tertiary alicyclic amines) is 1. The van der Waals surface area contributed by atoms with Gasteiger partial charge < -0.3 is 30.9 Å². The van der Waals surface area contributed by atoms with Crippen molar-refractivity contribution in [3.8, 4) is 15.4 Å². The standard InChI is InChI=1S/C55H62ClN9O5S2/c1-30-22-24-71-49(30)38-13-11-36(12-14-38)32(3)57-52(69)44-26-42(66)29-64(44)53(70)50(55(6,7)8)60-45(67)25-35-9-19-41(20-10-35)63-23-21-40(28-63)58-46(68)27-43-51-62-61-34(5)65(51)54-47(31(2)33(4)72-54)48(59-43)37-15-17-39(56)18-16-37/h9-20,22,24,32,40,42-44,50,66H,21,23,25-29H2,1-8H3,(H,57,69)(H,58,68)(H,60,67)/t32-,40-,42+,43-,44-,50+/m0/s1. The lowest BCUT2D eigenvalue weighted by Gasteiger charge is -2.35. The van der Waals surface area contributed by atoms with Crippen LogP contribution >= 0.6 is 34.3 Å². The lowest BCUT2D eigenvalue weighted by Crippen LogP contribution is -2.58. The second kappa shape index (κ2) is 20.7. The maximum atomic E-state index is 14.3. The molecule has 2 saturated heterocycles. The van der Waals surface area contributed by atoms with Crippen molar-refractivity contribution < 1.29 is 24.3 Å². The summed E-state index contributed by atoms with van der Waals surface area (Å²) in [7, 11) is 0. The Morgan fingerprint density at radius 2 is 1.58 bits per heavy atom. The number of aliphatic imine (C=N–C) groups is 1. The van der Waals surface area contributed by atoms with Gasteiger partial charge in [-0.25, -0.2) is 0 Å².